The quantitative estimate of drug-likeness (QED) is 0.483. The first kappa shape index (κ1) is 11.1. The van der Waals surface area contributed by atoms with Gasteiger partial charge in [0.25, 0.3) is 0 Å². The Hall–Kier alpha value is -1.42. The molecule has 0 unspecified atom stereocenters. The van der Waals surface area contributed by atoms with Gasteiger partial charge in [-0.05, 0) is 18.6 Å². The predicted molar refractivity (Wildman–Crippen MR) is 65.1 cm³/mol. The number of Topliss-reactive ketones (excluding diaryl/α,β-unsaturated/α-hetero) is 1. The van der Waals surface area contributed by atoms with E-state index in [0.717, 1.165) is 10.9 Å². The van der Waals surface area contributed by atoms with Crippen LogP contribution >= 0.6 is 15.9 Å². The molecule has 0 saturated heterocycles. The zero-order chi connectivity index (χ0) is 11.7. The minimum Gasteiger partial charge on any atom is -0.423 e. The lowest BCUT2D eigenvalue weighted by Crippen LogP contribution is -2.00. The number of benzene rings is 1. The van der Waals surface area contributed by atoms with Gasteiger partial charge >= 0.3 is 5.63 Å². The fraction of sp³-hybridized carbons (Fsp3) is 0.167. The first-order valence-corrected chi connectivity index (χ1v) is 5.87. The molecule has 1 aromatic heterocycles. The summed E-state index contributed by atoms with van der Waals surface area (Å²) in [6.45, 7) is 1.48. The standard InChI is InChI=1S/C12H9BrO3/c1-7(14)8-2-3-10-9(6-13)5-12(15)16-11(10)4-8/h2-5H,6H2,1H3. The monoisotopic (exact) mass is 280 g/mol. The Balaban J connectivity index is 2.79. The maximum Gasteiger partial charge on any atom is 0.336 e. The van der Waals surface area contributed by atoms with E-state index in [1.807, 2.05) is 0 Å². The lowest BCUT2D eigenvalue weighted by Gasteiger charge is -2.03. The minimum atomic E-state index is -0.400. The van der Waals surface area contributed by atoms with Gasteiger partial charge in [0.1, 0.15) is 5.58 Å². The van der Waals surface area contributed by atoms with E-state index in [9.17, 15) is 9.59 Å². The van der Waals surface area contributed by atoms with Crippen molar-refractivity contribution in [2.45, 2.75) is 12.3 Å². The SMILES string of the molecule is CC(=O)c1ccc2c(CBr)cc(=O)oc2c1. The Kier molecular flexibility index (Phi) is 2.92. The highest BCUT2D eigenvalue weighted by atomic mass is 79.9. The number of rotatable bonds is 2. The van der Waals surface area contributed by atoms with Crippen LogP contribution in [0.4, 0.5) is 0 Å². The first-order valence-electron chi connectivity index (χ1n) is 4.75. The summed E-state index contributed by atoms with van der Waals surface area (Å²) in [4.78, 5) is 22.5. The number of ketones is 1. The van der Waals surface area contributed by atoms with E-state index < -0.39 is 5.63 Å². The first-order chi connectivity index (χ1) is 7.61. The molecule has 82 valence electrons. The van der Waals surface area contributed by atoms with Crippen molar-refractivity contribution in [3.05, 3.63) is 45.8 Å². The van der Waals surface area contributed by atoms with Crippen molar-refractivity contribution in [3.63, 3.8) is 0 Å². The molecule has 1 heterocycles. The van der Waals surface area contributed by atoms with Gasteiger partial charge in [-0.2, -0.15) is 0 Å². The normalized spacial score (nSPS) is 10.6. The number of hydrogen-bond acceptors (Lipinski definition) is 3. The Morgan fingerprint density at radius 3 is 2.75 bits per heavy atom. The van der Waals surface area contributed by atoms with Crippen LogP contribution in [0.2, 0.25) is 0 Å². The maximum absolute atomic E-state index is 11.3. The van der Waals surface area contributed by atoms with Crippen molar-refractivity contribution in [1.82, 2.24) is 0 Å². The number of alkyl halides is 1. The smallest absolute Gasteiger partial charge is 0.336 e. The van der Waals surface area contributed by atoms with Gasteiger partial charge in [-0.3, -0.25) is 4.79 Å². The van der Waals surface area contributed by atoms with Crippen molar-refractivity contribution < 1.29 is 9.21 Å². The highest BCUT2D eigenvalue weighted by Gasteiger charge is 2.07. The second-order valence-electron chi connectivity index (χ2n) is 3.49. The lowest BCUT2D eigenvalue weighted by molar-refractivity contribution is 0.101. The second-order valence-corrected chi connectivity index (χ2v) is 4.05. The Morgan fingerprint density at radius 1 is 1.38 bits per heavy atom. The molecular weight excluding hydrogens is 272 g/mol. The van der Waals surface area contributed by atoms with Gasteiger partial charge in [0.05, 0.1) is 0 Å². The molecule has 0 fully saturated rings. The summed E-state index contributed by atoms with van der Waals surface area (Å²) in [6, 6.07) is 6.58. The van der Waals surface area contributed by atoms with E-state index in [4.69, 9.17) is 4.42 Å². The molecule has 2 rings (SSSR count). The number of fused-ring (bicyclic) bond motifs is 1. The van der Waals surface area contributed by atoms with Crippen LogP contribution in [0.15, 0.2) is 33.5 Å². The molecule has 0 spiro atoms. The molecule has 0 radical (unpaired) electrons. The van der Waals surface area contributed by atoms with Gasteiger partial charge in [0, 0.05) is 22.3 Å². The molecule has 0 aliphatic carbocycles. The summed E-state index contributed by atoms with van der Waals surface area (Å²) in [6.07, 6.45) is 0. The van der Waals surface area contributed by atoms with Crippen LogP contribution in [0.1, 0.15) is 22.8 Å². The van der Waals surface area contributed by atoms with Crippen molar-refractivity contribution in [3.8, 4) is 0 Å². The van der Waals surface area contributed by atoms with Gasteiger partial charge in [-0.1, -0.05) is 28.1 Å². The van der Waals surface area contributed by atoms with E-state index in [2.05, 4.69) is 15.9 Å². The van der Waals surface area contributed by atoms with Gasteiger partial charge in [-0.15, -0.1) is 0 Å². The molecule has 3 nitrogen and oxygen atoms in total. The molecule has 0 aliphatic heterocycles. The third-order valence-corrected chi connectivity index (χ3v) is 2.98. The van der Waals surface area contributed by atoms with E-state index in [1.54, 1.807) is 18.2 Å². The Bertz CT molecular complexity index is 613. The van der Waals surface area contributed by atoms with E-state index in [0.29, 0.717) is 16.5 Å². The number of halogens is 1. The molecular formula is C12H9BrO3. The van der Waals surface area contributed by atoms with Crippen LogP contribution in [0, 0.1) is 0 Å². The fourth-order valence-corrected chi connectivity index (χ4v) is 2.02. The highest BCUT2D eigenvalue weighted by molar-refractivity contribution is 9.08. The summed E-state index contributed by atoms with van der Waals surface area (Å²) >= 11 is 3.31. The van der Waals surface area contributed by atoms with E-state index in [-0.39, 0.29) is 5.78 Å². The minimum absolute atomic E-state index is 0.0474. The lowest BCUT2D eigenvalue weighted by atomic mass is 10.1. The summed E-state index contributed by atoms with van der Waals surface area (Å²) < 4.78 is 5.07. The van der Waals surface area contributed by atoms with Crippen molar-refractivity contribution in [1.29, 1.82) is 0 Å². The van der Waals surface area contributed by atoms with E-state index in [1.165, 1.54) is 13.0 Å². The largest absolute Gasteiger partial charge is 0.423 e. The Morgan fingerprint density at radius 2 is 2.12 bits per heavy atom. The molecule has 4 heteroatoms. The molecule has 0 aliphatic rings. The number of carbonyl (C=O) groups is 1. The molecule has 0 N–H and O–H groups in total. The Labute approximate surface area is 100 Å². The topological polar surface area (TPSA) is 47.3 Å². The summed E-state index contributed by atoms with van der Waals surface area (Å²) in [5, 5.41) is 1.43. The molecule has 1 aromatic carbocycles. The highest BCUT2D eigenvalue weighted by Crippen LogP contribution is 2.20. The molecule has 0 amide bonds. The van der Waals surface area contributed by atoms with E-state index >= 15 is 0 Å². The maximum atomic E-state index is 11.3. The zero-order valence-electron chi connectivity index (χ0n) is 8.62. The van der Waals surface area contributed by atoms with Crippen LogP contribution < -0.4 is 5.63 Å². The van der Waals surface area contributed by atoms with Crippen LogP contribution in [0.5, 0.6) is 0 Å². The third kappa shape index (κ3) is 1.93. The van der Waals surface area contributed by atoms with Crippen LogP contribution in [0.3, 0.4) is 0 Å². The second kappa shape index (κ2) is 4.22. The van der Waals surface area contributed by atoms with Gasteiger partial charge in [0.2, 0.25) is 0 Å². The average molecular weight is 281 g/mol. The average Bonchev–Trinajstić information content (AvgIpc) is 2.26. The third-order valence-electron chi connectivity index (χ3n) is 2.38. The van der Waals surface area contributed by atoms with Crippen molar-refractivity contribution in [2.24, 2.45) is 0 Å². The molecule has 0 bridgehead atoms. The fourth-order valence-electron chi connectivity index (χ4n) is 1.56. The molecule has 2 aromatic rings. The van der Waals surface area contributed by atoms with Crippen molar-refractivity contribution in [2.75, 3.05) is 0 Å². The molecule has 0 atom stereocenters. The molecule has 0 saturated carbocycles. The van der Waals surface area contributed by atoms with Gasteiger partial charge in [-0.25, -0.2) is 4.79 Å². The van der Waals surface area contributed by atoms with Gasteiger partial charge < -0.3 is 4.42 Å². The van der Waals surface area contributed by atoms with Crippen molar-refractivity contribution >= 4 is 32.7 Å². The predicted octanol–water partition coefficient (Wildman–Crippen LogP) is 2.89. The van der Waals surface area contributed by atoms with Gasteiger partial charge in [0.15, 0.2) is 5.78 Å². The zero-order valence-corrected chi connectivity index (χ0v) is 10.2. The number of carbonyl (C=O) groups excluding carboxylic acids is 1. The number of hydrogen-bond donors (Lipinski definition) is 0. The van der Waals surface area contributed by atoms with Crippen LogP contribution in [-0.4, -0.2) is 5.78 Å². The molecule has 16 heavy (non-hydrogen) atoms. The summed E-state index contributed by atoms with van der Waals surface area (Å²) in [7, 11) is 0. The summed E-state index contributed by atoms with van der Waals surface area (Å²) in [5.74, 6) is -0.0474. The van der Waals surface area contributed by atoms with Crippen LogP contribution in [0.25, 0.3) is 11.0 Å². The summed E-state index contributed by atoms with van der Waals surface area (Å²) in [5.41, 5.74) is 1.46. The van der Waals surface area contributed by atoms with Crippen LogP contribution in [-0.2, 0) is 5.33 Å².